The van der Waals surface area contributed by atoms with Crippen molar-refractivity contribution in [1.82, 2.24) is 4.90 Å². The number of hydrogen-bond acceptors (Lipinski definition) is 3. The Hall–Kier alpha value is -2.24. The number of anilines is 1. The first-order valence-electron chi connectivity index (χ1n) is 7.28. The average molecular weight is 306 g/mol. The third-order valence-corrected chi connectivity index (χ3v) is 3.97. The van der Waals surface area contributed by atoms with Crippen LogP contribution in [0.4, 0.5) is 10.1 Å². The highest BCUT2D eigenvalue weighted by atomic mass is 19.1. The Morgan fingerprint density at radius 3 is 2.45 bits per heavy atom. The number of amides is 3. The molecule has 5 nitrogen and oxygen atoms in total. The molecule has 0 aliphatic carbocycles. The van der Waals surface area contributed by atoms with Gasteiger partial charge in [-0.05, 0) is 37.6 Å². The summed E-state index contributed by atoms with van der Waals surface area (Å²) < 4.78 is 13.0. The Morgan fingerprint density at radius 1 is 1.36 bits per heavy atom. The fraction of sp³-hybridized carbons (Fsp3) is 0.438. The van der Waals surface area contributed by atoms with E-state index in [1.807, 2.05) is 13.8 Å². The number of hydrogen-bond donors (Lipinski definition) is 0. The van der Waals surface area contributed by atoms with Crippen molar-refractivity contribution in [2.75, 3.05) is 4.90 Å². The molecule has 6 heteroatoms. The molecule has 1 saturated heterocycles. The lowest BCUT2D eigenvalue weighted by molar-refractivity contribution is -0.138. The van der Waals surface area contributed by atoms with Gasteiger partial charge in [0.05, 0.1) is 12.1 Å². The predicted octanol–water partition coefficient (Wildman–Crippen LogP) is 2.10. The molecule has 1 fully saturated rings. The van der Waals surface area contributed by atoms with Gasteiger partial charge in [0.2, 0.25) is 11.8 Å². The van der Waals surface area contributed by atoms with Crippen molar-refractivity contribution in [2.24, 2.45) is 0 Å². The number of halogens is 1. The van der Waals surface area contributed by atoms with Gasteiger partial charge in [0.1, 0.15) is 11.9 Å². The third kappa shape index (κ3) is 2.86. The van der Waals surface area contributed by atoms with Crippen LogP contribution >= 0.6 is 0 Å². The molecule has 2 rings (SSSR count). The van der Waals surface area contributed by atoms with Crippen LogP contribution in [0.3, 0.4) is 0 Å². The Labute approximate surface area is 128 Å². The summed E-state index contributed by atoms with van der Waals surface area (Å²) in [6.07, 6.45) is 0.647. The van der Waals surface area contributed by atoms with E-state index in [1.54, 1.807) is 0 Å². The summed E-state index contributed by atoms with van der Waals surface area (Å²) in [5.41, 5.74) is 0.326. The standard InChI is InChI=1S/C16H19FN2O3/c1-4-10(2)18(11(3)20)14-9-15(21)19(16(14)22)13-7-5-12(17)6-8-13/h5-8,10,14H,4,9H2,1-3H3. The van der Waals surface area contributed by atoms with Crippen molar-refractivity contribution < 1.29 is 18.8 Å². The lowest BCUT2D eigenvalue weighted by Gasteiger charge is -2.31. The molecule has 0 bridgehead atoms. The van der Waals surface area contributed by atoms with Gasteiger partial charge in [-0.3, -0.25) is 14.4 Å². The van der Waals surface area contributed by atoms with Gasteiger partial charge in [-0.1, -0.05) is 6.92 Å². The minimum Gasteiger partial charge on any atom is -0.328 e. The molecular formula is C16H19FN2O3. The lowest BCUT2D eigenvalue weighted by atomic mass is 10.1. The Balaban J connectivity index is 2.31. The number of carbonyl (C=O) groups excluding carboxylic acids is 3. The fourth-order valence-corrected chi connectivity index (χ4v) is 2.73. The molecule has 1 aromatic carbocycles. The van der Waals surface area contributed by atoms with Crippen molar-refractivity contribution in [3.05, 3.63) is 30.1 Å². The van der Waals surface area contributed by atoms with Gasteiger partial charge in [-0.25, -0.2) is 9.29 Å². The quantitative estimate of drug-likeness (QED) is 0.801. The molecule has 1 aliphatic rings. The smallest absolute Gasteiger partial charge is 0.257 e. The molecule has 0 radical (unpaired) electrons. The van der Waals surface area contributed by atoms with Crippen molar-refractivity contribution in [3.63, 3.8) is 0 Å². The van der Waals surface area contributed by atoms with Gasteiger partial charge in [0.15, 0.2) is 0 Å². The zero-order valence-corrected chi connectivity index (χ0v) is 12.9. The largest absolute Gasteiger partial charge is 0.328 e. The van der Waals surface area contributed by atoms with Gasteiger partial charge in [0.25, 0.3) is 5.91 Å². The van der Waals surface area contributed by atoms with Gasteiger partial charge in [-0.15, -0.1) is 0 Å². The van der Waals surface area contributed by atoms with Crippen LogP contribution < -0.4 is 4.90 Å². The molecule has 2 unspecified atom stereocenters. The maximum Gasteiger partial charge on any atom is 0.257 e. The molecule has 118 valence electrons. The molecule has 0 saturated carbocycles. The molecule has 22 heavy (non-hydrogen) atoms. The van der Waals surface area contributed by atoms with Crippen LogP contribution in [0.25, 0.3) is 0 Å². The second-order valence-corrected chi connectivity index (χ2v) is 5.45. The Kier molecular flexibility index (Phi) is 4.59. The van der Waals surface area contributed by atoms with Crippen LogP contribution in [0, 0.1) is 5.82 Å². The van der Waals surface area contributed by atoms with E-state index < -0.39 is 17.8 Å². The SMILES string of the molecule is CCC(C)N(C(C)=O)C1CC(=O)N(c2ccc(F)cc2)C1=O. The molecule has 1 aliphatic heterocycles. The summed E-state index contributed by atoms with van der Waals surface area (Å²) in [6, 6.07) is 4.24. The monoisotopic (exact) mass is 306 g/mol. The maximum absolute atomic E-state index is 13.0. The molecular weight excluding hydrogens is 287 g/mol. The fourth-order valence-electron chi connectivity index (χ4n) is 2.73. The summed E-state index contributed by atoms with van der Waals surface area (Å²) >= 11 is 0. The van der Waals surface area contributed by atoms with E-state index in [-0.39, 0.29) is 24.3 Å². The first-order chi connectivity index (χ1) is 10.4. The average Bonchev–Trinajstić information content (AvgIpc) is 2.75. The zero-order chi connectivity index (χ0) is 16.4. The van der Waals surface area contributed by atoms with Crippen molar-refractivity contribution in [1.29, 1.82) is 0 Å². The third-order valence-electron chi connectivity index (χ3n) is 3.97. The molecule has 1 heterocycles. The van der Waals surface area contributed by atoms with E-state index in [2.05, 4.69) is 0 Å². The van der Waals surface area contributed by atoms with Crippen LogP contribution in [0.2, 0.25) is 0 Å². The number of imide groups is 1. The molecule has 1 aromatic rings. The van der Waals surface area contributed by atoms with E-state index in [0.29, 0.717) is 12.1 Å². The summed E-state index contributed by atoms with van der Waals surface area (Å²) in [4.78, 5) is 39.1. The van der Waals surface area contributed by atoms with Crippen LogP contribution in [0.1, 0.15) is 33.6 Å². The zero-order valence-electron chi connectivity index (χ0n) is 12.9. The maximum atomic E-state index is 13.0. The van der Waals surface area contributed by atoms with Crippen LogP contribution in [-0.4, -0.2) is 34.7 Å². The molecule has 3 amide bonds. The summed E-state index contributed by atoms with van der Waals surface area (Å²) in [7, 11) is 0. The molecule has 0 N–H and O–H groups in total. The van der Waals surface area contributed by atoms with Crippen molar-refractivity contribution >= 4 is 23.4 Å². The number of carbonyl (C=O) groups is 3. The van der Waals surface area contributed by atoms with Gasteiger partial charge in [0, 0.05) is 13.0 Å². The minimum atomic E-state index is -0.787. The first kappa shape index (κ1) is 16.1. The summed E-state index contributed by atoms with van der Waals surface area (Å²) in [6.45, 7) is 5.16. The van der Waals surface area contributed by atoms with E-state index in [4.69, 9.17) is 0 Å². The highest BCUT2D eigenvalue weighted by Crippen LogP contribution is 2.27. The highest BCUT2D eigenvalue weighted by molar-refractivity contribution is 6.23. The van der Waals surface area contributed by atoms with Crippen molar-refractivity contribution in [3.8, 4) is 0 Å². The highest BCUT2D eigenvalue weighted by Gasteiger charge is 2.44. The van der Waals surface area contributed by atoms with Gasteiger partial charge < -0.3 is 4.90 Å². The van der Waals surface area contributed by atoms with Crippen molar-refractivity contribution in [2.45, 2.75) is 45.7 Å². The number of nitrogens with zero attached hydrogens (tertiary/aromatic N) is 2. The van der Waals surface area contributed by atoms with Crippen LogP contribution in [0.5, 0.6) is 0 Å². The molecule has 0 aromatic heterocycles. The second kappa shape index (κ2) is 6.25. The van der Waals surface area contributed by atoms with Gasteiger partial charge >= 0.3 is 0 Å². The normalized spacial score (nSPS) is 19.5. The van der Waals surface area contributed by atoms with E-state index in [1.165, 1.54) is 36.1 Å². The molecule has 0 spiro atoms. The lowest BCUT2D eigenvalue weighted by Crippen LogP contribution is -2.48. The molecule has 2 atom stereocenters. The second-order valence-electron chi connectivity index (χ2n) is 5.45. The van der Waals surface area contributed by atoms with Crippen LogP contribution in [-0.2, 0) is 14.4 Å². The summed E-state index contributed by atoms with van der Waals surface area (Å²) in [5.74, 6) is -1.49. The van der Waals surface area contributed by atoms with Gasteiger partial charge in [-0.2, -0.15) is 0 Å². The minimum absolute atomic E-state index is 0.0415. The number of benzene rings is 1. The topological polar surface area (TPSA) is 57.7 Å². The van der Waals surface area contributed by atoms with E-state index in [0.717, 1.165) is 4.90 Å². The van der Waals surface area contributed by atoms with E-state index >= 15 is 0 Å². The predicted molar refractivity (Wildman–Crippen MR) is 79.6 cm³/mol. The first-order valence-corrected chi connectivity index (χ1v) is 7.28. The van der Waals surface area contributed by atoms with Crippen LogP contribution in [0.15, 0.2) is 24.3 Å². The Morgan fingerprint density at radius 2 is 1.95 bits per heavy atom. The number of rotatable bonds is 4. The summed E-state index contributed by atoms with van der Waals surface area (Å²) in [5, 5.41) is 0. The van der Waals surface area contributed by atoms with E-state index in [9.17, 15) is 18.8 Å². The Bertz CT molecular complexity index is 600.